The van der Waals surface area contributed by atoms with Gasteiger partial charge in [0.05, 0.1) is 18.0 Å². The van der Waals surface area contributed by atoms with Gasteiger partial charge in [0.25, 0.3) is 0 Å². The first kappa shape index (κ1) is 46.5. The van der Waals surface area contributed by atoms with Gasteiger partial charge in [-0.25, -0.2) is 14.8 Å². The number of hydrogen-bond donors (Lipinski definition) is 16. The van der Waals surface area contributed by atoms with Gasteiger partial charge in [-0.15, -0.1) is 0 Å². The van der Waals surface area contributed by atoms with E-state index in [1.54, 1.807) is 48.5 Å². The molecule has 276 valence electrons. The smallest absolute Gasteiger partial charge is 0.335 e. The van der Waals surface area contributed by atoms with Crippen molar-refractivity contribution >= 4 is 64.4 Å². The van der Waals surface area contributed by atoms with E-state index in [1.807, 2.05) is 0 Å². The van der Waals surface area contributed by atoms with Gasteiger partial charge in [-0.05, 0) is 48.5 Å². The van der Waals surface area contributed by atoms with E-state index in [1.165, 1.54) is 35.7 Å². The van der Waals surface area contributed by atoms with Crippen molar-refractivity contribution in [2.45, 2.75) is 63.9 Å². The summed E-state index contributed by atoms with van der Waals surface area (Å²) in [6.45, 7) is 3.62. The van der Waals surface area contributed by atoms with Crippen molar-refractivity contribution in [1.82, 2.24) is 10.9 Å². The van der Waals surface area contributed by atoms with Crippen LogP contribution in [0.2, 0.25) is 10.0 Å². The zero-order valence-electron chi connectivity index (χ0n) is 27.0. The molecular weight excluding hydrogens is 687 g/mol. The highest BCUT2D eigenvalue weighted by Crippen LogP contribution is 2.17. The van der Waals surface area contributed by atoms with E-state index in [9.17, 15) is 4.79 Å². The molecule has 0 unspecified atom stereocenters. The molecule has 0 saturated carbocycles. The summed E-state index contributed by atoms with van der Waals surface area (Å²) in [5.41, 5.74) is 26.9. The Morgan fingerprint density at radius 2 is 1.04 bits per heavy atom. The lowest BCUT2D eigenvalue weighted by atomic mass is 10.0. The second-order valence-corrected chi connectivity index (χ2v) is 10.5. The maximum absolute atomic E-state index is 10.1. The number of halogens is 2. The molecule has 0 heterocycles. The fraction of sp³-hybridized carbons (Fsp3) is 0.393. The number of benzene rings is 2. The number of nitrogens with two attached hydrogens (primary N) is 4. The molecule has 4 atom stereocenters. The molecule has 0 amide bonds. The Morgan fingerprint density at radius 1 is 0.714 bits per heavy atom. The lowest BCUT2D eigenvalue weighted by Crippen LogP contribution is -2.51. The SMILES string of the molecule is CCCCCC.N=C(N)NN(C(=N)N)c1ccc(Cl)cc1.N=C(N)NN(C(=N)N)c1ccc(Cl)cc1.O=C(O)[C@H](O)[C@@H](O)[C@H](O)[C@H](O)CO. The predicted octanol–water partition coefficient (Wildman–Crippen LogP) is -0.0306. The topological polar surface area (TPSA) is 368 Å². The van der Waals surface area contributed by atoms with Gasteiger partial charge in [0.1, 0.15) is 18.3 Å². The number of aliphatic carboxylic acids is 1. The summed E-state index contributed by atoms with van der Waals surface area (Å²) < 4.78 is 0. The van der Waals surface area contributed by atoms with Crippen LogP contribution in [0.1, 0.15) is 39.5 Å². The Hall–Kier alpha value is -4.63. The van der Waals surface area contributed by atoms with Gasteiger partial charge in [-0.2, -0.15) is 0 Å². The van der Waals surface area contributed by atoms with Gasteiger partial charge in [-0.1, -0.05) is 62.7 Å². The van der Waals surface area contributed by atoms with Crippen LogP contribution < -0.4 is 43.8 Å². The maximum atomic E-state index is 10.1. The van der Waals surface area contributed by atoms with Crippen LogP contribution in [-0.2, 0) is 4.79 Å². The van der Waals surface area contributed by atoms with E-state index in [-0.39, 0.29) is 23.8 Å². The summed E-state index contributed by atoms with van der Waals surface area (Å²) in [4.78, 5) is 10.1. The van der Waals surface area contributed by atoms with Crippen LogP contribution in [0, 0.1) is 21.6 Å². The summed E-state index contributed by atoms with van der Waals surface area (Å²) in [6, 6.07) is 13.2. The zero-order chi connectivity index (χ0) is 38.3. The summed E-state index contributed by atoms with van der Waals surface area (Å²) >= 11 is 11.4. The molecule has 0 bridgehead atoms. The van der Waals surface area contributed by atoms with Gasteiger partial charge in [0.15, 0.2) is 6.10 Å². The lowest BCUT2D eigenvalue weighted by molar-refractivity contribution is -0.164. The van der Waals surface area contributed by atoms with Crippen LogP contribution in [0.25, 0.3) is 0 Å². The van der Waals surface area contributed by atoms with Gasteiger partial charge < -0.3 is 53.6 Å². The Kier molecular flexibility index (Phi) is 24.1. The minimum Gasteiger partial charge on any atom is -0.479 e. The molecular formula is C28H48Cl2N12O7. The molecule has 0 aliphatic heterocycles. The van der Waals surface area contributed by atoms with E-state index < -0.39 is 37.0 Å². The van der Waals surface area contributed by atoms with Crippen molar-refractivity contribution < 1.29 is 35.4 Å². The monoisotopic (exact) mass is 734 g/mol. The van der Waals surface area contributed by atoms with E-state index in [0.29, 0.717) is 21.4 Å². The third kappa shape index (κ3) is 20.4. The quantitative estimate of drug-likeness (QED) is 0.0659. The first-order valence-corrected chi connectivity index (χ1v) is 15.2. The van der Waals surface area contributed by atoms with Crippen molar-refractivity contribution in [3.63, 3.8) is 0 Å². The number of aliphatic hydroxyl groups excluding tert-OH is 5. The molecule has 2 rings (SSSR count). The van der Waals surface area contributed by atoms with Gasteiger partial charge >= 0.3 is 5.97 Å². The Balaban J connectivity index is 0. The molecule has 2 aromatic carbocycles. The van der Waals surface area contributed by atoms with Crippen LogP contribution in [0.4, 0.5) is 11.4 Å². The minimum absolute atomic E-state index is 0.271. The van der Waals surface area contributed by atoms with E-state index in [2.05, 4.69) is 24.7 Å². The van der Waals surface area contributed by atoms with Crippen molar-refractivity contribution in [3.8, 4) is 0 Å². The van der Waals surface area contributed by atoms with Crippen LogP contribution in [-0.4, -0.2) is 91.5 Å². The van der Waals surface area contributed by atoms with Gasteiger partial charge in [0.2, 0.25) is 23.8 Å². The summed E-state index contributed by atoms with van der Waals surface area (Å²) in [7, 11) is 0. The minimum atomic E-state index is -2.20. The van der Waals surface area contributed by atoms with Crippen molar-refractivity contribution in [3.05, 3.63) is 58.6 Å². The molecule has 0 aliphatic rings. The first-order chi connectivity index (χ1) is 22.8. The van der Waals surface area contributed by atoms with Gasteiger partial charge in [-0.3, -0.25) is 32.5 Å². The third-order valence-electron chi connectivity index (χ3n) is 5.58. The number of rotatable bonds is 10. The molecule has 2 aromatic rings. The number of hydrogen-bond acceptors (Lipinski definition) is 10. The molecule has 21 heteroatoms. The van der Waals surface area contributed by atoms with Crippen LogP contribution >= 0.6 is 23.2 Å². The van der Waals surface area contributed by atoms with Crippen LogP contribution in [0.3, 0.4) is 0 Å². The normalized spacial score (nSPS) is 12.3. The van der Waals surface area contributed by atoms with E-state index in [4.69, 9.17) is 98.4 Å². The standard InChI is InChI=1S/2C8H11ClN6.C6H12O7.C6H14/c2*9-5-1-3-6(4-2-5)15(8(12)13)14-7(10)11;7-1-2(8)3(9)4(10)5(11)6(12)13;1-3-5-6-4-2/h2*1-4H,(H3,12,13)(H4,10,11,14);2-5,7-11H,1H2,(H,12,13);3-6H2,1-2H3/t;;2-,3-,4+,5-;/m..1./s1. The zero-order valence-corrected chi connectivity index (χ0v) is 28.5. The number of carbonyl (C=O) groups is 1. The summed E-state index contributed by atoms with van der Waals surface area (Å²) in [6.07, 6.45) is -2.30. The second-order valence-electron chi connectivity index (χ2n) is 9.67. The van der Waals surface area contributed by atoms with Gasteiger partial charge in [0, 0.05) is 10.0 Å². The highest BCUT2D eigenvalue weighted by atomic mass is 35.5. The molecule has 0 aliphatic carbocycles. The number of anilines is 2. The number of carboxylic acid groups (broad SMARTS) is 1. The predicted molar refractivity (Wildman–Crippen MR) is 190 cm³/mol. The number of carboxylic acids is 1. The molecule has 20 N–H and O–H groups in total. The highest BCUT2D eigenvalue weighted by Gasteiger charge is 2.33. The lowest BCUT2D eigenvalue weighted by Gasteiger charge is -2.23. The molecule has 0 aromatic heterocycles. The Bertz CT molecular complexity index is 1210. The molecule has 0 fully saturated rings. The maximum Gasteiger partial charge on any atom is 0.335 e. The molecule has 0 radical (unpaired) electrons. The van der Waals surface area contributed by atoms with Crippen molar-refractivity contribution in [1.29, 1.82) is 21.6 Å². The van der Waals surface area contributed by atoms with E-state index in [0.717, 1.165) is 0 Å². The number of unbranched alkanes of at least 4 members (excludes halogenated alkanes) is 3. The Labute approximate surface area is 294 Å². The molecule has 0 saturated heterocycles. The van der Waals surface area contributed by atoms with Crippen LogP contribution in [0.15, 0.2) is 48.5 Å². The van der Waals surface area contributed by atoms with E-state index >= 15 is 0 Å². The average molecular weight is 736 g/mol. The summed E-state index contributed by atoms with van der Waals surface area (Å²) in [5.74, 6) is -2.88. The van der Waals surface area contributed by atoms with Crippen molar-refractivity contribution in [2.24, 2.45) is 22.9 Å². The number of nitrogens with zero attached hydrogens (tertiary/aromatic N) is 2. The Morgan fingerprint density at radius 3 is 1.27 bits per heavy atom. The molecule has 0 spiro atoms. The fourth-order valence-corrected chi connectivity index (χ4v) is 3.37. The summed E-state index contributed by atoms with van der Waals surface area (Å²) in [5, 5.41) is 84.0. The third-order valence-corrected chi connectivity index (χ3v) is 6.08. The molecule has 19 nitrogen and oxygen atoms in total. The molecule has 49 heavy (non-hydrogen) atoms. The fourth-order valence-electron chi connectivity index (χ4n) is 3.12. The number of nitrogens with one attached hydrogen (secondary N) is 6. The highest BCUT2D eigenvalue weighted by molar-refractivity contribution is 6.31. The first-order valence-electron chi connectivity index (χ1n) is 14.4. The van der Waals surface area contributed by atoms with Crippen LogP contribution in [0.5, 0.6) is 0 Å². The number of aliphatic hydroxyl groups is 5. The number of guanidine groups is 4. The number of hydrazine groups is 2. The largest absolute Gasteiger partial charge is 0.479 e. The van der Waals surface area contributed by atoms with Crippen molar-refractivity contribution in [2.75, 3.05) is 16.6 Å². The second kappa shape index (κ2) is 25.4. The average Bonchev–Trinajstić information content (AvgIpc) is 3.05.